The molecule has 1 aliphatic rings. The van der Waals surface area contributed by atoms with Gasteiger partial charge in [0, 0.05) is 31.9 Å². The Labute approximate surface area is 128 Å². The van der Waals surface area contributed by atoms with E-state index in [1.807, 2.05) is 18.7 Å². The second kappa shape index (κ2) is 9.59. The Kier molecular flexibility index (Phi) is 7.33. The first-order valence-electron chi connectivity index (χ1n) is 8.57. The molecule has 1 aliphatic carbocycles. The van der Waals surface area contributed by atoms with Crippen molar-refractivity contribution < 1.29 is 4.79 Å². The van der Waals surface area contributed by atoms with E-state index in [9.17, 15) is 4.79 Å². The Bertz CT molecular complexity index is 383. The van der Waals surface area contributed by atoms with Crippen LogP contribution in [-0.4, -0.2) is 22.0 Å². The topological polar surface area (TPSA) is 46.9 Å². The standard InChI is InChI=1S/C17H29N3O/c21-17(10-9-16-7-3-1-4-8-16)19-11-5-2-6-13-20-14-12-18-15-20/h12,14-16H,1-11,13H2,(H,19,21). The molecule has 0 atom stereocenters. The number of nitrogens with zero attached hydrogens (tertiary/aromatic N) is 2. The Morgan fingerprint density at radius 1 is 1.19 bits per heavy atom. The highest BCUT2D eigenvalue weighted by atomic mass is 16.1. The molecule has 0 saturated heterocycles. The molecule has 4 heteroatoms. The molecule has 118 valence electrons. The number of hydrogen-bond donors (Lipinski definition) is 1. The largest absolute Gasteiger partial charge is 0.356 e. The summed E-state index contributed by atoms with van der Waals surface area (Å²) in [6.07, 6.45) is 17.6. The molecule has 1 saturated carbocycles. The summed E-state index contributed by atoms with van der Waals surface area (Å²) >= 11 is 0. The van der Waals surface area contributed by atoms with Crippen LogP contribution in [0.2, 0.25) is 0 Å². The van der Waals surface area contributed by atoms with Gasteiger partial charge in [0.15, 0.2) is 0 Å². The maximum absolute atomic E-state index is 11.8. The summed E-state index contributed by atoms with van der Waals surface area (Å²) in [7, 11) is 0. The summed E-state index contributed by atoms with van der Waals surface area (Å²) in [5.41, 5.74) is 0. The van der Waals surface area contributed by atoms with Gasteiger partial charge in [0.2, 0.25) is 5.91 Å². The van der Waals surface area contributed by atoms with Gasteiger partial charge in [0.1, 0.15) is 0 Å². The minimum atomic E-state index is 0.246. The Morgan fingerprint density at radius 2 is 2.05 bits per heavy atom. The van der Waals surface area contributed by atoms with Crippen LogP contribution in [0.25, 0.3) is 0 Å². The van der Waals surface area contributed by atoms with Crippen molar-refractivity contribution in [3.63, 3.8) is 0 Å². The first-order chi connectivity index (χ1) is 10.3. The second-order valence-corrected chi connectivity index (χ2v) is 6.25. The first kappa shape index (κ1) is 16.1. The predicted molar refractivity (Wildman–Crippen MR) is 84.9 cm³/mol. The highest BCUT2D eigenvalue weighted by Crippen LogP contribution is 2.27. The van der Waals surface area contributed by atoms with Gasteiger partial charge < -0.3 is 9.88 Å². The fourth-order valence-corrected chi connectivity index (χ4v) is 3.14. The fraction of sp³-hybridized carbons (Fsp3) is 0.765. The highest BCUT2D eigenvalue weighted by Gasteiger charge is 2.14. The summed E-state index contributed by atoms with van der Waals surface area (Å²) < 4.78 is 2.10. The Hall–Kier alpha value is -1.32. The normalized spacial score (nSPS) is 16.0. The van der Waals surface area contributed by atoms with E-state index in [1.54, 1.807) is 0 Å². The van der Waals surface area contributed by atoms with Crippen LogP contribution in [0.3, 0.4) is 0 Å². The number of imidazole rings is 1. The van der Waals surface area contributed by atoms with Crippen LogP contribution in [0.15, 0.2) is 18.7 Å². The second-order valence-electron chi connectivity index (χ2n) is 6.25. The van der Waals surface area contributed by atoms with Gasteiger partial charge in [-0.1, -0.05) is 32.1 Å². The molecule has 1 amide bonds. The Balaban J connectivity index is 1.42. The van der Waals surface area contributed by atoms with Crippen LogP contribution in [0, 0.1) is 5.92 Å². The molecule has 21 heavy (non-hydrogen) atoms. The van der Waals surface area contributed by atoms with Crippen LogP contribution in [0.1, 0.15) is 64.2 Å². The number of aromatic nitrogens is 2. The van der Waals surface area contributed by atoms with E-state index < -0.39 is 0 Å². The lowest BCUT2D eigenvalue weighted by Gasteiger charge is -2.20. The number of aryl methyl sites for hydroxylation is 1. The lowest BCUT2D eigenvalue weighted by Crippen LogP contribution is -2.25. The summed E-state index contributed by atoms with van der Waals surface area (Å²) in [6.45, 7) is 1.85. The van der Waals surface area contributed by atoms with Crippen LogP contribution in [-0.2, 0) is 11.3 Å². The van der Waals surface area contributed by atoms with E-state index in [1.165, 1.54) is 32.1 Å². The summed E-state index contributed by atoms with van der Waals surface area (Å²) in [6, 6.07) is 0. The van der Waals surface area contributed by atoms with Crippen LogP contribution < -0.4 is 5.32 Å². The number of nitrogens with one attached hydrogen (secondary N) is 1. The van der Waals surface area contributed by atoms with Gasteiger partial charge in [-0.25, -0.2) is 4.98 Å². The van der Waals surface area contributed by atoms with E-state index in [0.29, 0.717) is 0 Å². The van der Waals surface area contributed by atoms with Gasteiger partial charge in [-0.15, -0.1) is 0 Å². The van der Waals surface area contributed by atoms with Crippen molar-refractivity contribution in [1.82, 2.24) is 14.9 Å². The molecule has 0 aliphatic heterocycles. The molecule has 0 unspecified atom stereocenters. The molecule has 0 bridgehead atoms. The zero-order valence-corrected chi connectivity index (χ0v) is 13.1. The molecule has 1 aromatic heterocycles. The smallest absolute Gasteiger partial charge is 0.220 e. The van der Waals surface area contributed by atoms with Crippen LogP contribution >= 0.6 is 0 Å². The third-order valence-corrected chi connectivity index (χ3v) is 4.48. The van der Waals surface area contributed by atoms with Crippen molar-refractivity contribution >= 4 is 5.91 Å². The van der Waals surface area contributed by atoms with Gasteiger partial charge >= 0.3 is 0 Å². The maximum Gasteiger partial charge on any atom is 0.220 e. The minimum Gasteiger partial charge on any atom is -0.356 e. The first-order valence-corrected chi connectivity index (χ1v) is 8.57. The maximum atomic E-state index is 11.8. The fourth-order valence-electron chi connectivity index (χ4n) is 3.14. The van der Waals surface area contributed by atoms with Gasteiger partial charge in [-0.3, -0.25) is 4.79 Å². The molecule has 2 rings (SSSR count). The van der Waals surface area contributed by atoms with Crippen molar-refractivity contribution in [2.75, 3.05) is 6.54 Å². The van der Waals surface area contributed by atoms with Gasteiger partial charge in [-0.05, 0) is 31.6 Å². The SMILES string of the molecule is O=C(CCC1CCCCC1)NCCCCCn1ccnc1. The number of rotatable bonds is 9. The lowest BCUT2D eigenvalue weighted by molar-refractivity contribution is -0.121. The van der Waals surface area contributed by atoms with E-state index in [2.05, 4.69) is 14.9 Å². The van der Waals surface area contributed by atoms with E-state index in [4.69, 9.17) is 0 Å². The summed E-state index contributed by atoms with van der Waals surface area (Å²) in [5, 5.41) is 3.06. The van der Waals surface area contributed by atoms with E-state index >= 15 is 0 Å². The number of amides is 1. The third kappa shape index (κ3) is 6.78. The van der Waals surface area contributed by atoms with Crippen molar-refractivity contribution in [2.24, 2.45) is 5.92 Å². The molecule has 1 N–H and O–H groups in total. The number of carbonyl (C=O) groups excluding carboxylic acids is 1. The monoisotopic (exact) mass is 291 g/mol. The van der Waals surface area contributed by atoms with Crippen LogP contribution in [0.5, 0.6) is 0 Å². The van der Waals surface area contributed by atoms with E-state index in [0.717, 1.165) is 51.1 Å². The predicted octanol–water partition coefficient (Wildman–Crippen LogP) is 3.53. The number of hydrogen-bond acceptors (Lipinski definition) is 2. The van der Waals surface area contributed by atoms with Crippen molar-refractivity contribution in [1.29, 1.82) is 0 Å². The third-order valence-electron chi connectivity index (χ3n) is 4.48. The average molecular weight is 291 g/mol. The molecule has 0 spiro atoms. The summed E-state index contributed by atoms with van der Waals surface area (Å²) in [4.78, 5) is 15.8. The van der Waals surface area contributed by atoms with Gasteiger partial charge in [-0.2, -0.15) is 0 Å². The molecule has 0 radical (unpaired) electrons. The Morgan fingerprint density at radius 3 is 2.81 bits per heavy atom. The van der Waals surface area contributed by atoms with Crippen molar-refractivity contribution in [3.05, 3.63) is 18.7 Å². The zero-order valence-electron chi connectivity index (χ0n) is 13.1. The average Bonchev–Trinajstić information content (AvgIpc) is 3.03. The van der Waals surface area contributed by atoms with Gasteiger partial charge in [0.05, 0.1) is 6.33 Å². The molecule has 1 fully saturated rings. The molecule has 4 nitrogen and oxygen atoms in total. The zero-order chi connectivity index (χ0) is 14.8. The highest BCUT2D eigenvalue weighted by molar-refractivity contribution is 5.75. The molecule has 1 aromatic rings. The molecular formula is C17H29N3O. The van der Waals surface area contributed by atoms with E-state index in [-0.39, 0.29) is 5.91 Å². The number of carbonyl (C=O) groups is 1. The van der Waals surface area contributed by atoms with Crippen LogP contribution in [0.4, 0.5) is 0 Å². The van der Waals surface area contributed by atoms with Crippen molar-refractivity contribution in [2.45, 2.75) is 70.8 Å². The quantitative estimate of drug-likeness (QED) is 0.707. The summed E-state index contributed by atoms with van der Waals surface area (Å²) in [5.74, 6) is 1.05. The minimum absolute atomic E-state index is 0.246. The molecule has 0 aromatic carbocycles. The molecular weight excluding hydrogens is 262 g/mol. The molecule has 1 heterocycles. The lowest BCUT2D eigenvalue weighted by atomic mass is 9.86. The van der Waals surface area contributed by atoms with Gasteiger partial charge in [0.25, 0.3) is 0 Å². The number of unbranched alkanes of at least 4 members (excludes halogenated alkanes) is 2. The van der Waals surface area contributed by atoms with Crippen molar-refractivity contribution in [3.8, 4) is 0 Å².